The molecule has 5 heteroatoms. The summed E-state index contributed by atoms with van der Waals surface area (Å²) in [6.07, 6.45) is 4.60. The maximum absolute atomic E-state index is 11.7. The van der Waals surface area contributed by atoms with E-state index < -0.39 is 6.10 Å². The number of carbonyl (C=O) groups is 1. The largest absolute Gasteiger partial charge is 0.373 e. The lowest BCUT2D eigenvalue weighted by molar-refractivity contribution is -0.125. The van der Waals surface area contributed by atoms with Gasteiger partial charge in [0.15, 0.2) is 0 Å². The summed E-state index contributed by atoms with van der Waals surface area (Å²) < 4.78 is 5.15. The number of nitrogens with zero attached hydrogens (tertiary/aromatic N) is 2. The lowest BCUT2D eigenvalue weighted by Gasteiger charge is -2.19. The van der Waals surface area contributed by atoms with Gasteiger partial charge in [-0.15, -0.1) is 4.91 Å². The second kappa shape index (κ2) is 6.35. The molecule has 18 heavy (non-hydrogen) atoms. The number of carbonyl (C=O) groups excluding carboxylic acids is 1. The molecular formula is C13H18N2O3. The van der Waals surface area contributed by atoms with Crippen molar-refractivity contribution < 1.29 is 9.53 Å². The van der Waals surface area contributed by atoms with Gasteiger partial charge < -0.3 is 4.74 Å². The Hall–Kier alpha value is -1.62. The van der Waals surface area contributed by atoms with Gasteiger partial charge in [0.1, 0.15) is 11.8 Å². The van der Waals surface area contributed by atoms with Crippen molar-refractivity contribution in [2.75, 3.05) is 7.11 Å². The number of hydrogen-bond acceptors (Lipinski definition) is 5. The van der Waals surface area contributed by atoms with Gasteiger partial charge >= 0.3 is 0 Å². The zero-order valence-corrected chi connectivity index (χ0v) is 11.1. The molecule has 0 N–H and O–H groups in total. The molecule has 0 heterocycles. The minimum Gasteiger partial charge on any atom is -0.373 e. The van der Waals surface area contributed by atoms with E-state index in [9.17, 15) is 9.70 Å². The zero-order chi connectivity index (χ0) is 13.7. The lowest BCUT2D eigenvalue weighted by Crippen LogP contribution is -2.30. The molecule has 0 aromatic carbocycles. The van der Waals surface area contributed by atoms with Crippen molar-refractivity contribution >= 4 is 12.0 Å². The van der Waals surface area contributed by atoms with Crippen LogP contribution in [0.4, 0.5) is 0 Å². The summed E-state index contributed by atoms with van der Waals surface area (Å²) in [7, 11) is 1.46. The fourth-order valence-electron chi connectivity index (χ4n) is 1.85. The first kappa shape index (κ1) is 14.4. The molecule has 0 radical (unpaired) electrons. The van der Waals surface area contributed by atoms with E-state index in [4.69, 9.17) is 4.74 Å². The van der Waals surface area contributed by atoms with E-state index in [1.54, 1.807) is 12.3 Å². The third-order valence-corrected chi connectivity index (χ3v) is 3.10. The summed E-state index contributed by atoms with van der Waals surface area (Å²) in [6.45, 7) is 5.73. The Kier molecular flexibility index (Phi) is 5.09. The van der Waals surface area contributed by atoms with Gasteiger partial charge in [-0.2, -0.15) is 0 Å². The van der Waals surface area contributed by atoms with E-state index in [1.165, 1.54) is 7.11 Å². The Morgan fingerprint density at radius 1 is 1.56 bits per heavy atom. The topological polar surface area (TPSA) is 68.1 Å². The van der Waals surface area contributed by atoms with Crippen LogP contribution in [0.3, 0.4) is 0 Å². The summed E-state index contributed by atoms with van der Waals surface area (Å²) in [4.78, 5) is 26.5. The average Bonchev–Trinajstić information content (AvgIpc) is 2.71. The van der Waals surface area contributed by atoms with Crippen LogP contribution in [0.5, 0.6) is 0 Å². The van der Waals surface area contributed by atoms with Crippen LogP contribution in [0.15, 0.2) is 33.7 Å². The number of hydrogen-bond donors (Lipinski definition) is 0. The molecule has 0 spiro atoms. The Morgan fingerprint density at radius 3 is 2.72 bits per heavy atom. The number of allylic oxidation sites excluding steroid dienone is 2. The smallest absolute Gasteiger partial charge is 0.213 e. The molecule has 0 amide bonds. The van der Waals surface area contributed by atoms with Gasteiger partial charge in [0.05, 0.1) is 0 Å². The van der Waals surface area contributed by atoms with Gasteiger partial charge in [-0.05, 0) is 25.1 Å². The molecule has 0 saturated heterocycles. The quantitative estimate of drug-likeness (QED) is 0.556. The molecule has 1 aliphatic carbocycles. The van der Waals surface area contributed by atoms with Crippen LogP contribution in [0.1, 0.15) is 20.8 Å². The third kappa shape index (κ3) is 2.98. The highest BCUT2D eigenvalue weighted by molar-refractivity contribution is 6.01. The molecule has 1 rings (SSSR count). The van der Waals surface area contributed by atoms with Crippen LogP contribution in [-0.4, -0.2) is 25.2 Å². The molecule has 5 nitrogen and oxygen atoms in total. The Balaban J connectivity index is 2.87. The number of ether oxygens (including phenoxy) is 1. The van der Waals surface area contributed by atoms with E-state index in [0.717, 1.165) is 5.70 Å². The molecule has 3 atom stereocenters. The summed E-state index contributed by atoms with van der Waals surface area (Å²) in [5, 5.41) is 2.74. The first-order valence-corrected chi connectivity index (χ1v) is 5.84. The van der Waals surface area contributed by atoms with Crippen LogP contribution in [0.2, 0.25) is 0 Å². The molecule has 0 aliphatic heterocycles. The minimum atomic E-state index is -0.634. The first-order chi connectivity index (χ1) is 8.54. The van der Waals surface area contributed by atoms with Gasteiger partial charge in [-0.1, -0.05) is 13.0 Å². The second-order valence-corrected chi connectivity index (χ2v) is 4.31. The zero-order valence-electron chi connectivity index (χ0n) is 11.1. The predicted molar refractivity (Wildman–Crippen MR) is 70.3 cm³/mol. The minimum absolute atomic E-state index is 0.00644. The molecule has 0 saturated carbocycles. The van der Waals surface area contributed by atoms with Crippen molar-refractivity contribution in [3.8, 4) is 0 Å². The molecular weight excluding hydrogens is 232 g/mol. The standard InChI is InChI=1S/C13H18N2O3/c1-5-9(3)14-7-8(2)10-6-11(15-17)12(16)13(10)18-4/h5-8,10,13H,1-4H3/b9-5-,14-7-. The van der Waals surface area contributed by atoms with Crippen molar-refractivity contribution in [3.63, 3.8) is 0 Å². The molecule has 3 unspecified atom stereocenters. The van der Waals surface area contributed by atoms with E-state index in [0.29, 0.717) is 0 Å². The van der Waals surface area contributed by atoms with E-state index >= 15 is 0 Å². The van der Waals surface area contributed by atoms with Gasteiger partial charge in [-0.25, -0.2) is 0 Å². The third-order valence-electron chi connectivity index (χ3n) is 3.10. The number of methoxy groups -OCH3 is 1. The fraction of sp³-hybridized carbons (Fsp3) is 0.538. The van der Waals surface area contributed by atoms with Crippen molar-refractivity contribution in [2.45, 2.75) is 26.9 Å². The molecule has 0 fully saturated rings. The number of nitroso groups, excluding NO2 is 1. The maximum Gasteiger partial charge on any atom is 0.213 e. The normalized spacial score (nSPS) is 26.6. The molecule has 1 aliphatic rings. The Morgan fingerprint density at radius 2 is 2.22 bits per heavy atom. The second-order valence-electron chi connectivity index (χ2n) is 4.31. The van der Waals surface area contributed by atoms with Crippen LogP contribution >= 0.6 is 0 Å². The maximum atomic E-state index is 11.7. The van der Waals surface area contributed by atoms with Crippen molar-refractivity contribution in [1.29, 1.82) is 0 Å². The van der Waals surface area contributed by atoms with Crippen molar-refractivity contribution in [1.82, 2.24) is 0 Å². The Labute approximate surface area is 107 Å². The van der Waals surface area contributed by atoms with Crippen molar-refractivity contribution in [2.24, 2.45) is 22.0 Å². The predicted octanol–water partition coefficient (Wildman–Crippen LogP) is 2.48. The van der Waals surface area contributed by atoms with E-state index in [2.05, 4.69) is 10.2 Å². The molecule has 98 valence electrons. The molecule has 0 bridgehead atoms. The van der Waals surface area contributed by atoms with Gasteiger partial charge in [0, 0.05) is 30.9 Å². The van der Waals surface area contributed by atoms with Gasteiger partial charge in [0.25, 0.3) is 0 Å². The highest BCUT2D eigenvalue weighted by atomic mass is 16.5. The number of rotatable bonds is 5. The fourth-order valence-corrected chi connectivity index (χ4v) is 1.85. The van der Waals surface area contributed by atoms with Gasteiger partial charge in [-0.3, -0.25) is 9.79 Å². The molecule has 0 aromatic rings. The highest BCUT2D eigenvalue weighted by Crippen LogP contribution is 2.29. The summed E-state index contributed by atoms with van der Waals surface area (Å²) in [5.74, 6) is -0.544. The average molecular weight is 250 g/mol. The number of ketones is 1. The van der Waals surface area contributed by atoms with Crippen LogP contribution in [0, 0.1) is 16.7 Å². The van der Waals surface area contributed by atoms with Crippen LogP contribution < -0.4 is 0 Å². The highest BCUT2D eigenvalue weighted by Gasteiger charge is 2.39. The number of aliphatic imine (C=N–C) groups is 1. The SMILES string of the molecule is C/C=C(C)\N=C/C(C)C1C=C(N=O)C(=O)C1OC. The number of Topliss-reactive ketones (excluding diaryl/α,β-unsaturated/α-hetero) is 1. The van der Waals surface area contributed by atoms with Gasteiger partial charge in [0.2, 0.25) is 5.78 Å². The lowest BCUT2D eigenvalue weighted by atomic mass is 9.92. The van der Waals surface area contributed by atoms with Crippen molar-refractivity contribution in [3.05, 3.63) is 28.5 Å². The first-order valence-electron chi connectivity index (χ1n) is 5.84. The van der Waals surface area contributed by atoms with Crippen LogP contribution in [0.25, 0.3) is 0 Å². The molecule has 0 aromatic heterocycles. The van der Waals surface area contributed by atoms with E-state index in [1.807, 2.05) is 26.8 Å². The Bertz CT molecular complexity index is 424. The van der Waals surface area contributed by atoms with E-state index in [-0.39, 0.29) is 23.3 Å². The summed E-state index contributed by atoms with van der Waals surface area (Å²) in [6, 6.07) is 0. The summed E-state index contributed by atoms with van der Waals surface area (Å²) >= 11 is 0. The monoisotopic (exact) mass is 250 g/mol. The summed E-state index contributed by atoms with van der Waals surface area (Å²) in [5.41, 5.74) is 0.854. The van der Waals surface area contributed by atoms with Crippen LogP contribution in [-0.2, 0) is 9.53 Å².